The van der Waals surface area contributed by atoms with Gasteiger partial charge >= 0.3 is 0 Å². The van der Waals surface area contributed by atoms with Gasteiger partial charge in [-0.05, 0) is 73.5 Å². The Balaban J connectivity index is 1.81. The third kappa shape index (κ3) is 5.35. The van der Waals surface area contributed by atoms with Crippen LogP contribution in [0.2, 0.25) is 0 Å². The maximum atomic E-state index is 13.2. The minimum atomic E-state index is -0.264. The first-order chi connectivity index (χ1) is 16.5. The van der Waals surface area contributed by atoms with Crippen LogP contribution in [0.25, 0.3) is 10.9 Å². The number of hydrogen-bond acceptors (Lipinski definition) is 5. The van der Waals surface area contributed by atoms with Crippen LogP contribution in [-0.4, -0.2) is 30.1 Å². The molecule has 0 saturated carbocycles. The second-order valence-corrected chi connectivity index (χ2v) is 10.9. The number of fused-ring (bicyclic) bond motifs is 1. The first kappa shape index (κ1) is 24.8. The third-order valence-corrected chi connectivity index (χ3v) is 6.46. The number of nitrogens with zero attached hydrogens (tertiary/aromatic N) is 5. The highest BCUT2D eigenvalue weighted by Crippen LogP contribution is 2.32. The van der Waals surface area contributed by atoms with E-state index in [1.54, 1.807) is 0 Å². The number of benzene rings is 2. The van der Waals surface area contributed by atoms with Gasteiger partial charge in [-0.25, -0.2) is 4.68 Å². The van der Waals surface area contributed by atoms with Crippen molar-refractivity contribution in [3.63, 3.8) is 0 Å². The number of nitrogens with one attached hydrogen (secondary N) is 1. The summed E-state index contributed by atoms with van der Waals surface area (Å²) in [6.07, 6.45) is 0. The van der Waals surface area contributed by atoms with Gasteiger partial charge in [-0.2, -0.15) is 0 Å². The Kier molecular flexibility index (Phi) is 6.90. The van der Waals surface area contributed by atoms with E-state index in [0.29, 0.717) is 13.1 Å². The molecule has 0 bridgehead atoms. The Bertz CT molecular complexity index is 1360. The van der Waals surface area contributed by atoms with Crippen LogP contribution in [-0.2, 0) is 18.6 Å². The summed E-state index contributed by atoms with van der Waals surface area (Å²) in [7, 11) is 0. The molecule has 4 aromatic rings. The lowest BCUT2D eigenvalue weighted by molar-refractivity contribution is 0.119. The fourth-order valence-electron chi connectivity index (χ4n) is 4.68. The first-order valence-corrected chi connectivity index (χ1v) is 12.2. The lowest BCUT2D eigenvalue weighted by Crippen LogP contribution is -2.37. The Morgan fingerprint density at radius 3 is 2.40 bits per heavy atom. The highest BCUT2D eigenvalue weighted by molar-refractivity contribution is 5.81. The van der Waals surface area contributed by atoms with Gasteiger partial charge in [-0.1, -0.05) is 61.9 Å². The quantitative estimate of drug-likeness (QED) is 0.396. The third-order valence-electron chi connectivity index (χ3n) is 6.46. The summed E-state index contributed by atoms with van der Waals surface area (Å²) in [4.78, 5) is 18.6. The van der Waals surface area contributed by atoms with Crippen molar-refractivity contribution < 1.29 is 0 Å². The number of aromatic nitrogens is 5. The van der Waals surface area contributed by atoms with E-state index in [-0.39, 0.29) is 23.1 Å². The molecule has 0 fully saturated rings. The predicted octanol–water partition coefficient (Wildman–Crippen LogP) is 5.29. The standard InChI is InChI=1S/C28H36N6O/c1-18(2)25(26-30-31-32-34(26)28(5,6)7)33(16-21-13-11-19(3)12-14-21)17-23-15-22-10-8-9-20(4)24(22)29-27(23)35/h8-15,18,25H,16-17H2,1-7H3,(H,29,35)/t25-/m0/s1. The smallest absolute Gasteiger partial charge is 0.252 e. The van der Waals surface area contributed by atoms with Gasteiger partial charge in [0.15, 0.2) is 5.82 Å². The average molecular weight is 473 g/mol. The monoisotopic (exact) mass is 472 g/mol. The van der Waals surface area contributed by atoms with E-state index < -0.39 is 0 Å². The van der Waals surface area contributed by atoms with Crippen molar-refractivity contribution in [2.45, 2.75) is 73.1 Å². The van der Waals surface area contributed by atoms with Crippen LogP contribution in [0.4, 0.5) is 0 Å². The molecule has 7 heteroatoms. The fourth-order valence-corrected chi connectivity index (χ4v) is 4.68. The molecule has 0 saturated heterocycles. The van der Waals surface area contributed by atoms with Gasteiger partial charge in [-0.15, -0.1) is 5.10 Å². The van der Waals surface area contributed by atoms with Gasteiger partial charge in [0.25, 0.3) is 5.56 Å². The van der Waals surface area contributed by atoms with Crippen LogP contribution in [0.1, 0.15) is 68.7 Å². The molecule has 0 amide bonds. The second kappa shape index (κ2) is 9.74. The van der Waals surface area contributed by atoms with E-state index in [4.69, 9.17) is 0 Å². The molecule has 0 aliphatic carbocycles. The Morgan fingerprint density at radius 2 is 1.74 bits per heavy atom. The summed E-state index contributed by atoms with van der Waals surface area (Å²) in [5, 5.41) is 13.9. The highest BCUT2D eigenvalue weighted by Gasteiger charge is 2.33. The van der Waals surface area contributed by atoms with Gasteiger partial charge in [0.05, 0.1) is 17.1 Å². The molecule has 184 valence electrons. The number of aryl methyl sites for hydroxylation is 2. The summed E-state index contributed by atoms with van der Waals surface area (Å²) >= 11 is 0. The SMILES string of the molecule is Cc1ccc(CN(Cc2cc3cccc(C)c3[nH]c2=O)[C@H](c2nnnn2C(C)(C)C)C(C)C)cc1. The molecule has 1 N–H and O–H groups in total. The highest BCUT2D eigenvalue weighted by atomic mass is 16.1. The molecule has 2 heterocycles. The van der Waals surface area contributed by atoms with Crippen molar-refractivity contribution >= 4 is 10.9 Å². The van der Waals surface area contributed by atoms with Crippen LogP contribution < -0.4 is 5.56 Å². The first-order valence-electron chi connectivity index (χ1n) is 12.2. The summed E-state index contributed by atoms with van der Waals surface area (Å²) in [6, 6.07) is 16.6. The molecule has 0 spiro atoms. The second-order valence-electron chi connectivity index (χ2n) is 10.9. The minimum absolute atomic E-state index is 0.0568. The molecule has 4 rings (SSSR count). The minimum Gasteiger partial charge on any atom is -0.321 e. The Labute approximate surface area is 207 Å². The molecule has 0 aliphatic rings. The molecule has 2 aromatic heterocycles. The van der Waals surface area contributed by atoms with E-state index in [9.17, 15) is 4.79 Å². The number of rotatable bonds is 7. The van der Waals surface area contributed by atoms with Crippen LogP contribution >= 0.6 is 0 Å². The van der Waals surface area contributed by atoms with Crippen LogP contribution in [0.5, 0.6) is 0 Å². The summed E-state index contributed by atoms with van der Waals surface area (Å²) in [5.74, 6) is 1.03. The zero-order chi connectivity index (χ0) is 25.3. The van der Waals surface area contributed by atoms with E-state index in [1.165, 1.54) is 11.1 Å². The van der Waals surface area contributed by atoms with Gasteiger partial charge < -0.3 is 4.98 Å². The van der Waals surface area contributed by atoms with E-state index in [2.05, 4.69) is 91.2 Å². The molecule has 0 unspecified atom stereocenters. The number of para-hydroxylation sites is 1. The zero-order valence-corrected chi connectivity index (χ0v) is 21.8. The van der Waals surface area contributed by atoms with Crippen LogP contribution in [0.3, 0.4) is 0 Å². The van der Waals surface area contributed by atoms with Crippen molar-refractivity contribution in [1.82, 2.24) is 30.1 Å². The van der Waals surface area contributed by atoms with Gasteiger partial charge in [0.2, 0.25) is 0 Å². The number of aromatic amines is 1. The number of pyridine rings is 1. The van der Waals surface area contributed by atoms with E-state index in [1.807, 2.05) is 35.9 Å². The van der Waals surface area contributed by atoms with Crippen LogP contribution in [0, 0.1) is 19.8 Å². The lowest BCUT2D eigenvalue weighted by Gasteiger charge is -2.35. The molecule has 2 aromatic carbocycles. The van der Waals surface area contributed by atoms with E-state index in [0.717, 1.165) is 27.9 Å². The summed E-state index contributed by atoms with van der Waals surface area (Å²) in [6.45, 7) is 15.9. The van der Waals surface area contributed by atoms with Crippen molar-refractivity contribution in [1.29, 1.82) is 0 Å². The zero-order valence-electron chi connectivity index (χ0n) is 21.8. The molecule has 1 atom stereocenters. The number of hydrogen-bond donors (Lipinski definition) is 1. The van der Waals surface area contributed by atoms with Crippen molar-refractivity contribution in [3.05, 3.63) is 87.0 Å². The maximum Gasteiger partial charge on any atom is 0.252 e. The van der Waals surface area contributed by atoms with Crippen LogP contribution in [0.15, 0.2) is 53.3 Å². The molecule has 0 aliphatic heterocycles. The van der Waals surface area contributed by atoms with Gasteiger partial charge in [-0.3, -0.25) is 9.69 Å². The number of H-pyrrole nitrogens is 1. The predicted molar refractivity (Wildman–Crippen MR) is 140 cm³/mol. The molecular formula is C28H36N6O. The average Bonchev–Trinajstić information content (AvgIpc) is 3.26. The number of tetrazole rings is 1. The normalized spacial score (nSPS) is 13.2. The van der Waals surface area contributed by atoms with Crippen molar-refractivity contribution in [3.8, 4) is 0 Å². The van der Waals surface area contributed by atoms with E-state index >= 15 is 0 Å². The maximum absolute atomic E-state index is 13.2. The molecular weight excluding hydrogens is 436 g/mol. The fraction of sp³-hybridized carbons (Fsp3) is 0.429. The van der Waals surface area contributed by atoms with Gasteiger partial charge in [0, 0.05) is 18.7 Å². The molecule has 7 nitrogen and oxygen atoms in total. The molecule has 0 radical (unpaired) electrons. The van der Waals surface area contributed by atoms with Crippen molar-refractivity contribution in [2.75, 3.05) is 0 Å². The molecule has 35 heavy (non-hydrogen) atoms. The van der Waals surface area contributed by atoms with Crippen molar-refractivity contribution in [2.24, 2.45) is 5.92 Å². The largest absolute Gasteiger partial charge is 0.321 e. The Hall–Kier alpha value is -3.32. The topological polar surface area (TPSA) is 79.7 Å². The Morgan fingerprint density at radius 1 is 1.03 bits per heavy atom. The summed E-state index contributed by atoms with van der Waals surface area (Å²) < 4.78 is 1.91. The lowest BCUT2D eigenvalue weighted by atomic mass is 9.98. The van der Waals surface area contributed by atoms with Gasteiger partial charge in [0.1, 0.15) is 0 Å². The summed E-state index contributed by atoms with van der Waals surface area (Å²) in [5.41, 5.74) is 4.77.